The second-order valence-corrected chi connectivity index (χ2v) is 7.48. The quantitative estimate of drug-likeness (QED) is 0.474. The van der Waals surface area contributed by atoms with Gasteiger partial charge in [0.25, 0.3) is 0 Å². The van der Waals surface area contributed by atoms with Crippen molar-refractivity contribution in [2.75, 3.05) is 10.6 Å². The number of aromatic nitrogens is 1. The predicted octanol–water partition coefficient (Wildman–Crippen LogP) is 6.17. The molecule has 0 aliphatic heterocycles. The molecule has 3 aromatic rings. The molecule has 3 nitrogen and oxygen atoms in total. The third-order valence-corrected chi connectivity index (χ3v) is 5.02. The van der Waals surface area contributed by atoms with Crippen LogP contribution in [0.1, 0.15) is 0 Å². The van der Waals surface area contributed by atoms with Crippen LogP contribution >= 0.6 is 62.7 Å². The Morgan fingerprint density at radius 2 is 1.95 bits per heavy atom. The molecule has 0 aliphatic carbocycles. The fourth-order valence-electron chi connectivity index (χ4n) is 1.81. The summed E-state index contributed by atoms with van der Waals surface area (Å²) in [6.07, 6.45) is 0. The molecule has 0 fully saturated rings. The lowest BCUT2D eigenvalue weighted by molar-refractivity contribution is 1.47. The Labute approximate surface area is 154 Å². The number of benzene rings is 2. The first-order valence-electron chi connectivity index (χ1n) is 6.11. The summed E-state index contributed by atoms with van der Waals surface area (Å²) < 4.78 is 1.90. The molecule has 0 bridgehead atoms. The zero-order valence-electron chi connectivity index (χ0n) is 10.9. The molecule has 0 radical (unpaired) electrons. The lowest BCUT2D eigenvalue weighted by Gasteiger charge is -2.10. The smallest absolute Gasteiger partial charge is 0.190 e. The van der Waals surface area contributed by atoms with E-state index in [0.29, 0.717) is 20.3 Å². The second kappa shape index (κ2) is 6.68. The van der Waals surface area contributed by atoms with E-state index in [1.165, 1.54) is 11.3 Å². The minimum absolute atomic E-state index is 0.416. The lowest BCUT2D eigenvalue weighted by Crippen LogP contribution is -2.19. The Kier molecular flexibility index (Phi) is 4.84. The number of para-hydroxylation sites is 1. The predicted molar refractivity (Wildman–Crippen MR) is 104 cm³/mol. The number of fused-ring (bicyclic) bond motifs is 1. The summed E-state index contributed by atoms with van der Waals surface area (Å²) in [7, 11) is 0. The lowest BCUT2D eigenvalue weighted by atomic mass is 10.3. The van der Waals surface area contributed by atoms with Gasteiger partial charge >= 0.3 is 0 Å². The molecule has 1 heterocycles. The van der Waals surface area contributed by atoms with E-state index in [9.17, 15) is 0 Å². The van der Waals surface area contributed by atoms with Crippen LogP contribution in [0.4, 0.5) is 10.8 Å². The van der Waals surface area contributed by atoms with Crippen molar-refractivity contribution in [3.8, 4) is 0 Å². The van der Waals surface area contributed by atoms with Gasteiger partial charge in [0, 0.05) is 4.47 Å². The highest BCUT2D eigenvalue weighted by Crippen LogP contribution is 2.31. The van der Waals surface area contributed by atoms with Crippen LogP contribution in [-0.2, 0) is 0 Å². The van der Waals surface area contributed by atoms with Gasteiger partial charge in [-0.3, -0.25) is 0 Å². The van der Waals surface area contributed by atoms with Gasteiger partial charge in [-0.15, -0.1) is 0 Å². The van der Waals surface area contributed by atoms with E-state index in [0.717, 1.165) is 20.4 Å². The van der Waals surface area contributed by atoms with Crippen LogP contribution in [0.25, 0.3) is 10.2 Å². The summed E-state index contributed by atoms with van der Waals surface area (Å²) in [6.45, 7) is 0. The molecule has 0 atom stereocenters. The van der Waals surface area contributed by atoms with E-state index in [4.69, 9.17) is 35.4 Å². The Hall–Kier alpha value is -0.920. The molecular formula is C14H8BrCl2N3S2. The van der Waals surface area contributed by atoms with E-state index in [1.54, 1.807) is 6.07 Å². The first-order chi connectivity index (χ1) is 10.5. The Morgan fingerprint density at radius 3 is 2.68 bits per heavy atom. The number of anilines is 2. The fourth-order valence-corrected chi connectivity index (χ4v) is 3.97. The maximum atomic E-state index is 6.15. The Bertz CT molecular complexity index is 866. The molecule has 2 N–H and O–H groups in total. The number of thiocarbonyl (C=S) groups is 1. The van der Waals surface area contributed by atoms with Crippen LogP contribution < -0.4 is 10.6 Å². The van der Waals surface area contributed by atoms with Crippen molar-refractivity contribution in [2.45, 2.75) is 0 Å². The van der Waals surface area contributed by atoms with Gasteiger partial charge in [0.1, 0.15) is 5.52 Å². The van der Waals surface area contributed by atoms with E-state index in [1.807, 2.05) is 30.3 Å². The molecule has 8 heteroatoms. The minimum Gasteiger partial charge on any atom is -0.331 e. The average Bonchev–Trinajstić information content (AvgIpc) is 2.86. The van der Waals surface area contributed by atoms with Crippen molar-refractivity contribution in [2.24, 2.45) is 0 Å². The van der Waals surface area contributed by atoms with Gasteiger partial charge < -0.3 is 10.6 Å². The highest BCUT2D eigenvalue weighted by molar-refractivity contribution is 9.10. The summed E-state index contributed by atoms with van der Waals surface area (Å²) in [5.41, 5.74) is 1.49. The molecule has 112 valence electrons. The number of nitrogens with zero attached hydrogens (tertiary/aromatic N) is 1. The average molecular weight is 433 g/mol. The maximum Gasteiger partial charge on any atom is 0.190 e. The molecule has 22 heavy (non-hydrogen) atoms. The number of thiazole rings is 1. The number of halogens is 3. The minimum atomic E-state index is 0.416. The van der Waals surface area contributed by atoms with E-state index >= 15 is 0 Å². The van der Waals surface area contributed by atoms with Gasteiger partial charge in [0.15, 0.2) is 10.2 Å². The molecule has 0 amide bonds. The van der Waals surface area contributed by atoms with Gasteiger partial charge in [-0.25, -0.2) is 4.98 Å². The summed E-state index contributed by atoms with van der Waals surface area (Å²) in [4.78, 5) is 4.44. The van der Waals surface area contributed by atoms with Gasteiger partial charge in [-0.05, 0) is 42.5 Å². The van der Waals surface area contributed by atoms with Crippen LogP contribution in [0.15, 0.2) is 40.9 Å². The van der Waals surface area contributed by atoms with Crippen LogP contribution in [0.2, 0.25) is 10.0 Å². The first-order valence-corrected chi connectivity index (χ1v) is 8.88. The number of nitrogens with one attached hydrogen (secondary N) is 2. The Morgan fingerprint density at radius 1 is 1.14 bits per heavy atom. The first kappa shape index (κ1) is 16.0. The van der Waals surface area contributed by atoms with Crippen molar-refractivity contribution in [3.05, 3.63) is 50.9 Å². The van der Waals surface area contributed by atoms with Crippen molar-refractivity contribution in [1.82, 2.24) is 4.98 Å². The van der Waals surface area contributed by atoms with Crippen molar-refractivity contribution in [1.29, 1.82) is 0 Å². The SMILES string of the molecule is S=C(Nc1nc2c(Cl)cccc2s1)Nc1ccc(Br)cc1Cl. The molecule has 3 rings (SSSR count). The van der Waals surface area contributed by atoms with E-state index in [2.05, 4.69) is 31.5 Å². The summed E-state index contributed by atoms with van der Waals surface area (Å²) >= 11 is 22.4. The van der Waals surface area contributed by atoms with E-state index in [-0.39, 0.29) is 0 Å². The molecule has 0 saturated carbocycles. The highest BCUT2D eigenvalue weighted by atomic mass is 79.9. The normalized spacial score (nSPS) is 10.7. The molecular weight excluding hydrogens is 425 g/mol. The highest BCUT2D eigenvalue weighted by Gasteiger charge is 2.09. The summed E-state index contributed by atoms with van der Waals surface area (Å²) in [5.74, 6) is 0. The second-order valence-electron chi connectivity index (χ2n) is 4.31. The zero-order chi connectivity index (χ0) is 15.7. The zero-order valence-corrected chi connectivity index (χ0v) is 15.6. The molecule has 0 aliphatic rings. The van der Waals surface area contributed by atoms with Crippen molar-refractivity contribution >= 4 is 88.8 Å². The van der Waals surface area contributed by atoms with Gasteiger partial charge in [0.2, 0.25) is 0 Å². The van der Waals surface area contributed by atoms with E-state index < -0.39 is 0 Å². The van der Waals surface area contributed by atoms with Gasteiger partial charge in [0.05, 0.1) is 20.4 Å². The largest absolute Gasteiger partial charge is 0.331 e. The van der Waals surface area contributed by atoms with Gasteiger partial charge in [-0.1, -0.05) is 56.5 Å². The maximum absolute atomic E-state index is 6.15. The van der Waals surface area contributed by atoms with Crippen molar-refractivity contribution < 1.29 is 0 Å². The standard InChI is InChI=1S/C14H8BrCl2N3S2/c15-7-4-5-10(9(17)6-7)18-13(21)20-14-19-12-8(16)2-1-3-11(12)22-14/h1-6H,(H2,18,19,20,21). The molecule has 2 aromatic carbocycles. The van der Waals surface area contributed by atoms with Crippen molar-refractivity contribution in [3.63, 3.8) is 0 Å². The van der Waals surface area contributed by atoms with Crippen LogP contribution in [0.3, 0.4) is 0 Å². The topological polar surface area (TPSA) is 37.0 Å². The number of rotatable bonds is 2. The molecule has 0 unspecified atom stereocenters. The molecule has 1 aromatic heterocycles. The fraction of sp³-hybridized carbons (Fsp3) is 0. The molecule has 0 spiro atoms. The third kappa shape index (κ3) is 3.52. The Balaban J connectivity index is 1.77. The number of hydrogen-bond donors (Lipinski definition) is 2. The third-order valence-electron chi connectivity index (χ3n) is 2.77. The summed E-state index contributed by atoms with van der Waals surface area (Å²) in [5, 5.41) is 8.38. The molecule has 0 saturated heterocycles. The van der Waals surface area contributed by atoms with Crippen LogP contribution in [0, 0.1) is 0 Å². The van der Waals surface area contributed by atoms with Crippen LogP contribution in [-0.4, -0.2) is 10.1 Å². The van der Waals surface area contributed by atoms with Gasteiger partial charge in [-0.2, -0.15) is 0 Å². The summed E-state index contributed by atoms with van der Waals surface area (Å²) in [6, 6.07) is 11.2. The monoisotopic (exact) mass is 431 g/mol. The van der Waals surface area contributed by atoms with Crippen LogP contribution in [0.5, 0.6) is 0 Å². The number of hydrogen-bond acceptors (Lipinski definition) is 3.